The number of carbonyl (C=O) groups is 3. The number of allylic oxidation sites excluding steroid dienone is 1. The smallest absolute Gasteiger partial charge is 0.303 e. The molecule has 0 saturated carbocycles. The summed E-state index contributed by atoms with van der Waals surface area (Å²) in [7, 11) is 0. The van der Waals surface area contributed by atoms with Crippen LogP contribution < -0.4 is 4.90 Å². The van der Waals surface area contributed by atoms with Crippen LogP contribution in [-0.2, 0) is 28.0 Å². The van der Waals surface area contributed by atoms with Crippen molar-refractivity contribution in [2.45, 2.75) is 44.6 Å². The Bertz CT molecular complexity index is 1760. The molecule has 4 aromatic rings. The van der Waals surface area contributed by atoms with E-state index in [1.807, 2.05) is 91.5 Å². The summed E-state index contributed by atoms with van der Waals surface area (Å²) in [4.78, 5) is 47.5. The number of H-pyrrole nitrogens is 1. The fraction of sp³-hybridized carbons (Fsp3) is 0.222. The van der Waals surface area contributed by atoms with Gasteiger partial charge in [-0.25, -0.2) is 0 Å². The summed E-state index contributed by atoms with van der Waals surface area (Å²) in [5.41, 5.74) is 7.10. The van der Waals surface area contributed by atoms with E-state index in [1.165, 1.54) is 5.56 Å². The number of rotatable bonds is 9. The van der Waals surface area contributed by atoms with Crippen LogP contribution in [0.3, 0.4) is 0 Å². The van der Waals surface area contributed by atoms with Gasteiger partial charge in [0.15, 0.2) is 5.78 Å². The summed E-state index contributed by atoms with van der Waals surface area (Å²) in [5, 5.41) is 9.11. The molecular weight excluding hydrogens is 538 g/mol. The summed E-state index contributed by atoms with van der Waals surface area (Å²) in [6.07, 6.45) is 6.39. The lowest BCUT2D eigenvalue weighted by atomic mass is 9.81. The minimum atomic E-state index is -0.829. The molecule has 0 radical (unpaired) electrons. The van der Waals surface area contributed by atoms with E-state index in [2.05, 4.69) is 16.0 Å². The molecule has 7 heteroatoms. The van der Waals surface area contributed by atoms with Crippen LogP contribution in [0.25, 0.3) is 11.3 Å². The van der Waals surface area contributed by atoms with E-state index in [1.54, 1.807) is 18.5 Å². The number of para-hydroxylation sites is 1. The minimum Gasteiger partial charge on any atom is -0.481 e. The number of aliphatic carboxylic acids is 1. The van der Waals surface area contributed by atoms with Gasteiger partial charge in [0, 0.05) is 42.3 Å². The van der Waals surface area contributed by atoms with Crippen LogP contribution in [0.15, 0.2) is 102 Å². The van der Waals surface area contributed by atoms with Gasteiger partial charge < -0.3 is 15.0 Å². The van der Waals surface area contributed by atoms with Gasteiger partial charge in [0.2, 0.25) is 0 Å². The quantitative estimate of drug-likeness (QED) is 0.239. The standard InChI is InChI=1S/C36H33N3O4/c1-23(19-34(41)42)25-11-13-29(14-12-25)36(2)30(15-17-38-36)33(40)20-24-7-9-26(10-8-24)31-21-28(22-37-31)35(43)39-18-16-27-5-3-4-6-32(27)39/h3-15,17,21-23,37H,16,18-20H2,1-2H3,(H,41,42). The van der Waals surface area contributed by atoms with Gasteiger partial charge in [-0.15, -0.1) is 0 Å². The summed E-state index contributed by atoms with van der Waals surface area (Å²) in [6, 6.07) is 25.4. The predicted molar refractivity (Wildman–Crippen MR) is 168 cm³/mol. The third-order valence-corrected chi connectivity index (χ3v) is 8.61. The monoisotopic (exact) mass is 571 g/mol. The zero-order valence-electron chi connectivity index (χ0n) is 24.2. The maximum absolute atomic E-state index is 13.5. The first-order chi connectivity index (χ1) is 20.7. The van der Waals surface area contributed by atoms with Gasteiger partial charge in [-0.05, 0) is 65.3 Å². The van der Waals surface area contributed by atoms with Crippen molar-refractivity contribution in [2.24, 2.45) is 4.99 Å². The third kappa shape index (κ3) is 5.46. The van der Waals surface area contributed by atoms with Crippen LogP contribution in [0.4, 0.5) is 5.69 Å². The van der Waals surface area contributed by atoms with Crippen molar-refractivity contribution in [1.82, 2.24) is 4.98 Å². The van der Waals surface area contributed by atoms with E-state index in [-0.39, 0.29) is 30.4 Å². The molecule has 3 heterocycles. The van der Waals surface area contributed by atoms with Crippen molar-refractivity contribution in [1.29, 1.82) is 0 Å². The lowest BCUT2D eigenvalue weighted by Crippen LogP contribution is -2.28. The molecule has 0 fully saturated rings. The molecule has 0 aliphatic carbocycles. The molecule has 2 atom stereocenters. The number of carbonyl (C=O) groups excluding carboxylic acids is 2. The number of carboxylic acid groups (broad SMARTS) is 1. The van der Waals surface area contributed by atoms with Gasteiger partial charge in [-0.3, -0.25) is 19.4 Å². The summed E-state index contributed by atoms with van der Waals surface area (Å²) >= 11 is 0. The Balaban J connectivity index is 1.12. The molecule has 2 unspecified atom stereocenters. The molecule has 3 aromatic carbocycles. The predicted octanol–water partition coefficient (Wildman–Crippen LogP) is 6.50. The van der Waals surface area contributed by atoms with Crippen LogP contribution in [-0.4, -0.2) is 40.5 Å². The maximum Gasteiger partial charge on any atom is 0.303 e. The first kappa shape index (κ1) is 28.1. The summed E-state index contributed by atoms with van der Waals surface area (Å²) in [5.74, 6) is -0.958. The molecule has 2 aliphatic heterocycles. The van der Waals surface area contributed by atoms with Crippen molar-refractivity contribution in [2.75, 3.05) is 11.4 Å². The molecule has 0 spiro atoms. The number of aromatic amines is 1. The minimum absolute atomic E-state index is 0.00489. The fourth-order valence-corrected chi connectivity index (χ4v) is 6.08. The van der Waals surface area contributed by atoms with Gasteiger partial charge in [0.1, 0.15) is 5.54 Å². The average Bonchev–Trinajstić information content (AvgIpc) is 3.76. The number of ketones is 1. The fourth-order valence-electron chi connectivity index (χ4n) is 6.08. The van der Waals surface area contributed by atoms with Gasteiger partial charge in [-0.2, -0.15) is 0 Å². The van der Waals surface area contributed by atoms with E-state index in [4.69, 9.17) is 5.11 Å². The number of anilines is 1. The Kier molecular flexibility index (Phi) is 7.40. The Labute approximate surface area is 250 Å². The highest BCUT2D eigenvalue weighted by Gasteiger charge is 2.36. The van der Waals surface area contributed by atoms with E-state index < -0.39 is 11.5 Å². The second-order valence-electron chi connectivity index (χ2n) is 11.5. The number of benzene rings is 3. The molecule has 1 aromatic heterocycles. The summed E-state index contributed by atoms with van der Waals surface area (Å²) in [6.45, 7) is 4.50. The number of aromatic nitrogens is 1. The number of hydrogen-bond donors (Lipinski definition) is 2. The second kappa shape index (κ2) is 11.3. The average molecular weight is 572 g/mol. The zero-order valence-corrected chi connectivity index (χ0v) is 24.2. The Morgan fingerprint density at radius 3 is 2.51 bits per heavy atom. The SMILES string of the molecule is CC(CC(=O)O)c1ccc(C2(C)N=CC=C2C(=O)Cc2ccc(-c3cc(C(=O)N4CCc5ccccc54)c[nH]3)cc2)cc1. The number of carboxylic acids is 1. The van der Waals surface area contributed by atoms with Gasteiger partial charge >= 0.3 is 5.97 Å². The van der Waals surface area contributed by atoms with Crippen molar-refractivity contribution >= 4 is 29.6 Å². The molecule has 43 heavy (non-hydrogen) atoms. The van der Waals surface area contributed by atoms with Crippen molar-refractivity contribution in [3.05, 3.63) is 125 Å². The lowest BCUT2D eigenvalue weighted by molar-refractivity contribution is -0.137. The lowest BCUT2D eigenvalue weighted by Gasteiger charge is -2.26. The maximum atomic E-state index is 13.5. The van der Waals surface area contributed by atoms with Gasteiger partial charge in [0.05, 0.1) is 12.0 Å². The second-order valence-corrected chi connectivity index (χ2v) is 11.5. The van der Waals surface area contributed by atoms with Crippen molar-refractivity contribution in [3.8, 4) is 11.3 Å². The Morgan fingerprint density at radius 2 is 1.77 bits per heavy atom. The molecule has 7 nitrogen and oxygen atoms in total. The van der Waals surface area contributed by atoms with Crippen molar-refractivity contribution < 1.29 is 19.5 Å². The number of aliphatic imine (C=N–C) groups is 1. The molecule has 6 rings (SSSR count). The highest BCUT2D eigenvalue weighted by molar-refractivity contribution is 6.08. The number of Topliss-reactive ketones (excluding diaryl/α,β-unsaturated/α-hetero) is 1. The molecular formula is C36H33N3O4. The number of hydrogen-bond acceptors (Lipinski definition) is 4. The Morgan fingerprint density at radius 1 is 1.02 bits per heavy atom. The van der Waals surface area contributed by atoms with Crippen LogP contribution in [0.2, 0.25) is 0 Å². The number of amides is 1. The number of nitrogens with one attached hydrogen (secondary N) is 1. The largest absolute Gasteiger partial charge is 0.481 e. The first-order valence-electron chi connectivity index (χ1n) is 14.5. The molecule has 0 saturated heterocycles. The third-order valence-electron chi connectivity index (χ3n) is 8.61. The number of fused-ring (bicyclic) bond motifs is 1. The van der Waals surface area contributed by atoms with Crippen LogP contribution in [0.1, 0.15) is 58.8 Å². The van der Waals surface area contributed by atoms with Crippen LogP contribution in [0, 0.1) is 0 Å². The van der Waals surface area contributed by atoms with Gasteiger partial charge in [0.25, 0.3) is 5.91 Å². The van der Waals surface area contributed by atoms with E-state index in [9.17, 15) is 14.4 Å². The van der Waals surface area contributed by atoms with E-state index in [0.717, 1.165) is 40.1 Å². The highest BCUT2D eigenvalue weighted by atomic mass is 16.4. The van der Waals surface area contributed by atoms with E-state index in [0.29, 0.717) is 17.7 Å². The normalized spacial score (nSPS) is 17.9. The highest BCUT2D eigenvalue weighted by Crippen LogP contribution is 2.38. The van der Waals surface area contributed by atoms with Crippen LogP contribution in [0.5, 0.6) is 0 Å². The molecule has 2 aliphatic rings. The molecule has 216 valence electrons. The molecule has 2 N–H and O–H groups in total. The first-order valence-corrected chi connectivity index (χ1v) is 14.5. The van der Waals surface area contributed by atoms with E-state index >= 15 is 0 Å². The number of nitrogens with zero attached hydrogens (tertiary/aromatic N) is 2. The molecule has 0 bridgehead atoms. The van der Waals surface area contributed by atoms with Crippen molar-refractivity contribution in [3.63, 3.8) is 0 Å². The summed E-state index contributed by atoms with van der Waals surface area (Å²) < 4.78 is 0. The molecule has 1 amide bonds. The topological polar surface area (TPSA) is 103 Å². The van der Waals surface area contributed by atoms with Gasteiger partial charge in [-0.1, -0.05) is 73.7 Å². The Hall–Kier alpha value is -5.04. The van der Waals surface area contributed by atoms with Crippen LogP contribution >= 0.6 is 0 Å². The zero-order chi connectivity index (χ0) is 30.1.